The average molecular weight is 304 g/mol. The zero-order valence-corrected chi connectivity index (χ0v) is 11.1. The van der Waals surface area contributed by atoms with E-state index in [9.17, 15) is 22.7 Å². The van der Waals surface area contributed by atoms with Gasteiger partial charge in [0.25, 0.3) is 0 Å². The summed E-state index contributed by atoms with van der Waals surface area (Å²) in [5, 5.41) is 16.7. The van der Waals surface area contributed by atoms with E-state index in [-0.39, 0.29) is 30.2 Å². The maximum Gasteiger partial charge on any atom is 0.331 e. The van der Waals surface area contributed by atoms with Crippen LogP contribution in [0.3, 0.4) is 0 Å². The van der Waals surface area contributed by atoms with Crippen molar-refractivity contribution in [3.63, 3.8) is 0 Å². The van der Waals surface area contributed by atoms with Gasteiger partial charge in [-0.05, 0) is 18.2 Å². The van der Waals surface area contributed by atoms with Crippen molar-refractivity contribution in [3.8, 4) is 0 Å². The number of primary sulfonamides is 1. The Morgan fingerprint density at radius 2 is 2.20 bits per heavy atom. The minimum atomic E-state index is -4.01. The van der Waals surface area contributed by atoms with E-state index < -0.39 is 27.3 Å². The molecule has 1 aromatic rings. The highest BCUT2D eigenvalue weighted by atomic mass is 32.2. The first-order valence-electron chi connectivity index (χ1n) is 5.66. The molecule has 7 nitrogen and oxygen atoms in total. The zero-order valence-electron chi connectivity index (χ0n) is 10.3. The number of aliphatic carboxylic acids is 1. The van der Waals surface area contributed by atoms with Crippen LogP contribution in [0, 0.1) is 5.82 Å². The summed E-state index contributed by atoms with van der Waals surface area (Å²) in [6, 6.07) is 2.98. The molecule has 4 N–H and O–H groups in total. The summed E-state index contributed by atoms with van der Waals surface area (Å²) in [6.45, 7) is 0.148. The smallest absolute Gasteiger partial charge is 0.331 e. The zero-order chi connectivity index (χ0) is 15.0. The predicted octanol–water partition coefficient (Wildman–Crippen LogP) is 0.129. The fourth-order valence-corrected chi connectivity index (χ4v) is 2.44. The van der Waals surface area contributed by atoms with Crippen molar-refractivity contribution in [3.05, 3.63) is 24.0 Å². The van der Waals surface area contributed by atoms with E-state index in [2.05, 4.69) is 5.32 Å². The van der Waals surface area contributed by atoms with Gasteiger partial charge < -0.3 is 15.2 Å². The van der Waals surface area contributed by atoms with Gasteiger partial charge in [0.05, 0.1) is 17.2 Å². The summed E-state index contributed by atoms with van der Waals surface area (Å²) < 4.78 is 41.1. The van der Waals surface area contributed by atoms with Crippen molar-refractivity contribution < 1.29 is 27.4 Å². The summed E-state index contributed by atoms with van der Waals surface area (Å²) in [6.07, 6.45) is 0.179. The Morgan fingerprint density at radius 3 is 2.65 bits per heavy atom. The van der Waals surface area contributed by atoms with Gasteiger partial charge in [0, 0.05) is 13.0 Å². The van der Waals surface area contributed by atoms with Gasteiger partial charge in [-0.3, -0.25) is 0 Å². The van der Waals surface area contributed by atoms with Crippen LogP contribution in [0.5, 0.6) is 0 Å². The molecular weight excluding hydrogens is 291 g/mol. The molecule has 0 saturated carbocycles. The quantitative estimate of drug-likeness (QED) is 0.727. The van der Waals surface area contributed by atoms with Crippen molar-refractivity contribution in [1.29, 1.82) is 0 Å². The number of carbonyl (C=O) groups is 1. The van der Waals surface area contributed by atoms with Gasteiger partial charge in [-0.15, -0.1) is 0 Å². The number of nitrogens with two attached hydrogens (primary N) is 1. The van der Waals surface area contributed by atoms with Gasteiger partial charge in [0.15, 0.2) is 5.54 Å². The highest BCUT2D eigenvalue weighted by Crippen LogP contribution is 2.27. The molecule has 9 heteroatoms. The molecule has 0 amide bonds. The number of sulfonamides is 1. The highest BCUT2D eigenvalue weighted by molar-refractivity contribution is 7.89. The molecule has 1 fully saturated rings. The lowest BCUT2D eigenvalue weighted by Gasteiger charge is -2.25. The largest absolute Gasteiger partial charge is 0.479 e. The van der Waals surface area contributed by atoms with Gasteiger partial charge in [0.1, 0.15) is 5.82 Å². The molecule has 1 heterocycles. The first-order chi connectivity index (χ1) is 9.24. The number of nitrogens with one attached hydrogen (secondary N) is 1. The number of carboxylic acid groups (broad SMARTS) is 1. The van der Waals surface area contributed by atoms with Gasteiger partial charge in [-0.1, -0.05) is 0 Å². The van der Waals surface area contributed by atoms with Crippen molar-refractivity contribution in [2.24, 2.45) is 5.14 Å². The van der Waals surface area contributed by atoms with Crippen molar-refractivity contribution >= 4 is 21.7 Å². The van der Waals surface area contributed by atoms with Gasteiger partial charge >= 0.3 is 5.97 Å². The van der Waals surface area contributed by atoms with Crippen LogP contribution < -0.4 is 10.5 Å². The first-order valence-corrected chi connectivity index (χ1v) is 7.21. The molecule has 0 aliphatic carbocycles. The van der Waals surface area contributed by atoms with Crippen LogP contribution in [0.15, 0.2) is 23.1 Å². The third-order valence-corrected chi connectivity index (χ3v) is 3.99. The molecule has 2 rings (SSSR count). The molecule has 0 spiro atoms. The molecule has 1 atom stereocenters. The topological polar surface area (TPSA) is 119 Å². The summed E-state index contributed by atoms with van der Waals surface area (Å²) in [7, 11) is -4.01. The van der Waals surface area contributed by atoms with Crippen molar-refractivity contribution in [2.75, 3.05) is 18.5 Å². The number of hydrogen-bond donors (Lipinski definition) is 3. The summed E-state index contributed by atoms with van der Waals surface area (Å²) in [4.78, 5) is 10.9. The fraction of sp³-hybridized carbons (Fsp3) is 0.364. The number of hydrogen-bond acceptors (Lipinski definition) is 5. The van der Waals surface area contributed by atoms with Crippen LogP contribution in [-0.4, -0.2) is 38.2 Å². The SMILES string of the molecule is NS(=O)(=O)c1ccc(NC2(C(=O)O)CCOC2)c(F)c1. The standard InChI is InChI=1S/C11H13FN2O5S/c12-8-5-7(20(13,17)18)1-2-9(8)14-11(10(15)16)3-4-19-6-11/h1-2,5,14H,3-4,6H2,(H,15,16)(H2,13,17,18). The van der Waals surface area contributed by atoms with Crippen molar-refractivity contribution in [2.45, 2.75) is 16.9 Å². The molecule has 110 valence electrons. The lowest BCUT2D eigenvalue weighted by Crippen LogP contribution is -2.47. The number of rotatable bonds is 4. The van der Waals surface area contributed by atoms with Crippen LogP contribution >= 0.6 is 0 Å². The Bertz CT molecular complexity index is 640. The first kappa shape index (κ1) is 14.7. The predicted molar refractivity (Wildman–Crippen MR) is 67.2 cm³/mol. The lowest BCUT2D eigenvalue weighted by atomic mass is 9.98. The molecule has 1 aliphatic rings. The molecule has 1 aromatic carbocycles. The lowest BCUT2D eigenvalue weighted by molar-refractivity contribution is -0.142. The monoisotopic (exact) mass is 304 g/mol. The fourth-order valence-electron chi connectivity index (χ4n) is 1.92. The Morgan fingerprint density at radius 1 is 1.50 bits per heavy atom. The Labute approximate surface area is 114 Å². The van der Waals surface area contributed by atoms with Gasteiger partial charge in [-0.2, -0.15) is 0 Å². The van der Waals surface area contributed by atoms with Crippen molar-refractivity contribution in [1.82, 2.24) is 0 Å². The average Bonchev–Trinajstić information content (AvgIpc) is 2.80. The van der Waals surface area contributed by atoms with Crippen LogP contribution in [0.4, 0.5) is 10.1 Å². The second-order valence-electron chi connectivity index (χ2n) is 4.50. The van der Waals surface area contributed by atoms with E-state index >= 15 is 0 Å². The van der Waals surface area contributed by atoms with Gasteiger partial charge in [0.2, 0.25) is 10.0 Å². The molecule has 0 radical (unpaired) electrons. The number of halogens is 1. The summed E-state index contributed by atoms with van der Waals surface area (Å²) >= 11 is 0. The van der Waals surface area contributed by atoms with E-state index in [1.165, 1.54) is 0 Å². The highest BCUT2D eigenvalue weighted by Gasteiger charge is 2.43. The molecule has 0 aromatic heterocycles. The third kappa shape index (κ3) is 2.74. The third-order valence-electron chi connectivity index (χ3n) is 3.07. The maximum absolute atomic E-state index is 13.9. The minimum absolute atomic E-state index is 0.0985. The molecule has 20 heavy (non-hydrogen) atoms. The molecule has 1 saturated heterocycles. The number of carboxylic acids is 1. The van der Waals surface area contributed by atoms with Crippen LogP contribution in [0.2, 0.25) is 0 Å². The maximum atomic E-state index is 13.9. The number of ether oxygens (including phenoxy) is 1. The summed E-state index contributed by atoms with van der Waals surface area (Å²) in [5.41, 5.74) is -1.53. The van der Waals surface area contributed by atoms with E-state index in [0.717, 1.165) is 18.2 Å². The number of benzene rings is 1. The van der Waals surface area contributed by atoms with Crippen LogP contribution in [0.1, 0.15) is 6.42 Å². The second-order valence-corrected chi connectivity index (χ2v) is 6.06. The molecule has 1 aliphatic heterocycles. The van der Waals surface area contributed by atoms with Crippen LogP contribution in [-0.2, 0) is 19.6 Å². The van der Waals surface area contributed by atoms with E-state index in [1.807, 2.05) is 0 Å². The summed E-state index contributed by atoms with van der Waals surface area (Å²) in [5.74, 6) is -2.06. The molecule has 0 bridgehead atoms. The van der Waals surface area contributed by atoms with Crippen LogP contribution in [0.25, 0.3) is 0 Å². The Hall–Kier alpha value is -1.71. The second kappa shape index (κ2) is 5.00. The minimum Gasteiger partial charge on any atom is -0.479 e. The van der Waals surface area contributed by atoms with E-state index in [1.54, 1.807) is 0 Å². The Balaban J connectivity index is 2.33. The van der Waals surface area contributed by atoms with E-state index in [0.29, 0.717) is 0 Å². The number of anilines is 1. The molecular formula is C11H13FN2O5S. The molecule has 1 unspecified atom stereocenters. The van der Waals surface area contributed by atoms with E-state index in [4.69, 9.17) is 9.88 Å². The Kier molecular flexibility index (Phi) is 3.67. The normalized spacial score (nSPS) is 22.7. The van der Waals surface area contributed by atoms with Gasteiger partial charge in [-0.25, -0.2) is 22.7 Å².